The number of anilines is 2. The molecule has 4 nitrogen and oxygen atoms in total. The first-order valence-corrected chi connectivity index (χ1v) is 8.75. The molecule has 0 radical (unpaired) electrons. The van der Waals surface area contributed by atoms with E-state index in [1.165, 1.54) is 0 Å². The van der Waals surface area contributed by atoms with Gasteiger partial charge < -0.3 is 16.0 Å². The van der Waals surface area contributed by atoms with E-state index in [0.717, 1.165) is 31.1 Å². The minimum Gasteiger partial charge on any atom is -0.399 e. The Morgan fingerprint density at radius 2 is 2.05 bits per heavy atom. The van der Waals surface area contributed by atoms with Crippen LogP contribution in [0.5, 0.6) is 0 Å². The average molecular weight is 330 g/mol. The molecule has 6 heteroatoms. The van der Waals surface area contributed by atoms with Crippen molar-refractivity contribution in [1.29, 1.82) is 0 Å². The topological polar surface area (TPSA) is 58.4 Å². The highest BCUT2D eigenvalue weighted by Crippen LogP contribution is 2.24. The van der Waals surface area contributed by atoms with Gasteiger partial charge in [-0.2, -0.15) is 11.8 Å². The molecule has 3 N–H and O–H groups in total. The molecule has 0 heterocycles. The van der Waals surface area contributed by atoms with Crippen LogP contribution < -0.4 is 11.1 Å². The average Bonchev–Trinajstić information content (AvgIpc) is 2.46. The number of nitrogens with two attached hydrogens (primary N) is 1. The van der Waals surface area contributed by atoms with Gasteiger partial charge in [-0.3, -0.25) is 4.79 Å². The Balaban J connectivity index is 2.22. The third-order valence-electron chi connectivity index (χ3n) is 3.19. The second kappa shape index (κ2) is 9.92. The number of nitrogens with one attached hydrogen (secondary N) is 1. The van der Waals surface area contributed by atoms with E-state index in [2.05, 4.69) is 24.1 Å². The van der Waals surface area contributed by atoms with Crippen LogP contribution in [0.3, 0.4) is 0 Å². The molecule has 21 heavy (non-hydrogen) atoms. The van der Waals surface area contributed by atoms with Crippen molar-refractivity contribution in [2.75, 3.05) is 42.2 Å². The van der Waals surface area contributed by atoms with Crippen LogP contribution in [0, 0.1) is 0 Å². The molecule has 0 spiro atoms. The Morgan fingerprint density at radius 1 is 1.33 bits per heavy atom. The number of benzene rings is 1. The molecule has 0 saturated carbocycles. The van der Waals surface area contributed by atoms with Crippen molar-refractivity contribution in [3.63, 3.8) is 0 Å². The predicted octanol–water partition coefficient (Wildman–Crippen LogP) is 3.33. The van der Waals surface area contributed by atoms with E-state index in [9.17, 15) is 4.79 Å². The number of carbonyl (C=O) groups is 1. The summed E-state index contributed by atoms with van der Waals surface area (Å²) in [6.45, 7) is 7.55. The third-order valence-corrected chi connectivity index (χ3v) is 4.46. The first-order valence-electron chi connectivity index (χ1n) is 7.21. The van der Waals surface area contributed by atoms with Crippen LogP contribution in [0.2, 0.25) is 5.02 Å². The number of rotatable bonds is 9. The molecule has 0 bridgehead atoms. The molecule has 0 fully saturated rings. The van der Waals surface area contributed by atoms with Crippen molar-refractivity contribution in [2.45, 2.75) is 20.3 Å². The Labute approximate surface area is 136 Å². The quantitative estimate of drug-likeness (QED) is 0.539. The molecule has 1 amide bonds. The lowest BCUT2D eigenvalue weighted by atomic mass is 10.3. The lowest BCUT2D eigenvalue weighted by molar-refractivity contribution is -0.115. The van der Waals surface area contributed by atoms with E-state index in [1.54, 1.807) is 30.0 Å². The van der Waals surface area contributed by atoms with E-state index >= 15 is 0 Å². The zero-order valence-electron chi connectivity index (χ0n) is 12.7. The molecular formula is C15H24ClN3OS. The van der Waals surface area contributed by atoms with Gasteiger partial charge in [0.2, 0.25) is 5.91 Å². The highest BCUT2D eigenvalue weighted by molar-refractivity contribution is 7.99. The largest absolute Gasteiger partial charge is 0.399 e. The molecule has 118 valence electrons. The summed E-state index contributed by atoms with van der Waals surface area (Å²) in [6.07, 6.45) is 0.490. The first-order chi connectivity index (χ1) is 10.1. The molecule has 0 aliphatic carbocycles. The van der Waals surface area contributed by atoms with Gasteiger partial charge >= 0.3 is 0 Å². The van der Waals surface area contributed by atoms with Gasteiger partial charge in [-0.05, 0) is 31.3 Å². The van der Waals surface area contributed by atoms with Crippen LogP contribution in [-0.2, 0) is 4.79 Å². The SMILES string of the molecule is CCN(CC)CCSCCC(=O)Nc1ccc(N)cc1Cl. The maximum atomic E-state index is 11.8. The van der Waals surface area contributed by atoms with Gasteiger partial charge in [0.25, 0.3) is 0 Å². The fraction of sp³-hybridized carbons (Fsp3) is 0.533. The fourth-order valence-electron chi connectivity index (χ4n) is 1.85. The summed E-state index contributed by atoms with van der Waals surface area (Å²) in [5, 5.41) is 3.28. The lowest BCUT2D eigenvalue weighted by Crippen LogP contribution is -2.25. The molecule has 0 aliphatic heterocycles. The summed E-state index contributed by atoms with van der Waals surface area (Å²) in [7, 11) is 0. The molecule has 0 unspecified atom stereocenters. The fourth-order valence-corrected chi connectivity index (χ4v) is 3.00. The molecular weight excluding hydrogens is 306 g/mol. The lowest BCUT2D eigenvalue weighted by Gasteiger charge is -2.17. The minimum absolute atomic E-state index is 0.0167. The van der Waals surface area contributed by atoms with E-state index in [0.29, 0.717) is 22.8 Å². The van der Waals surface area contributed by atoms with Crippen LogP contribution in [-0.4, -0.2) is 41.9 Å². The summed E-state index contributed by atoms with van der Waals surface area (Å²) >= 11 is 7.82. The van der Waals surface area contributed by atoms with Gasteiger partial charge in [0.15, 0.2) is 0 Å². The van der Waals surface area contributed by atoms with Crippen LogP contribution in [0.15, 0.2) is 18.2 Å². The summed E-state index contributed by atoms with van der Waals surface area (Å²) in [4.78, 5) is 14.2. The maximum Gasteiger partial charge on any atom is 0.225 e. The van der Waals surface area contributed by atoms with Gasteiger partial charge in [0.1, 0.15) is 0 Å². The summed E-state index contributed by atoms with van der Waals surface area (Å²) in [5.74, 6) is 1.86. The van der Waals surface area contributed by atoms with Gasteiger partial charge in [0.05, 0.1) is 10.7 Å². The van der Waals surface area contributed by atoms with Crippen LogP contribution >= 0.6 is 23.4 Å². The number of hydrogen-bond acceptors (Lipinski definition) is 4. The summed E-state index contributed by atoms with van der Waals surface area (Å²) in [6, 6.07) is 5.08. The van der Waals surface area contributed by atoms with Crippen molar-refractivity contribution >= 4 is 40.6 Å². The number of amides is 1. The Bertz CT molecular complexity index is 453. The number of thioether (sulfide) groups is 1. The van der Waals surface area contributed by atoms with Gasteiger partial charge in [-0.25, -0.2) is 0 Å². The minimum atomic E-state index is -0.0167. The van der Waals surface area contributed by atoms with Crippen molar-refractivity contribution in [1.82, 2.24) is 4.90 Å². The Morgan fingerprint density at radius 3 is 2.67 bits per heavy atom. The molecule has 0 atom stereocenters. The van der Waals surface area contributed by atoms with E-state index in [1.807, 2.05) is 0 Å². The highest BCUT2D eigenvalue weighted by atomic mass is 35.5. The second-order valence-corrected chi connectivity index (χ2v) is 6.31. The van der Waals surface area contributed by atoms with Gasteiger partial charge in [0, 0.05) is 30.2 Å². The number of halogens is 1. The van der Waals surface area contributed by atoms with Crippen LogP contribution in [0.25, 0.3) is 0 Å². The van der Waals surface area contributed by atoms with Gasteiger partial charge in [-0.15, -0.1) is 0 Å². The molecule has 1 aromatic rings. The monoisotopic (exact) mass is 329 g/mol. The maximum absolute atomic E-state index is 11.8. The molecule has 0 aromatic heterocycles. The standard InChI is InChI=1S/C15H24ClN3OS/c1-3-19(4-2)8-10-21-9-7-15(20)18-14-6-5-12(17)11-13(14)16/h5-6,11H,3-4,7-10,17H2,1-2H3,(H,18,20). The number of carbonyl (C=O) groups excluding carboxylic acids is 1. The van der Waals surface area contributed by atoms with Crippen molar-refractivity contribution in [2.24, 2.45) is 0 Å². The van der Waals surface area contributed by atoms with Crippen LogP contribution in [0.4, 0.5) is 11.4 Å². The first kappa shape index (κ1) is 18.1. The molecule has 1 aromatic carbocycles. The zero-order valence-corrected chi connectivity index (χ0v) is 14.3. The zero-order chi connectivity index (χ0) is 15.7. The Hall–Kier alpha value is -0.910. The summed E-state index contributed by atoms with van der Waals surface area (Å²) in [5.41, 5.74) is 6.82. The summed E-state index contributed by atoms with van der Waals surface area (Å²) < 4.78 is 0. The van der Waals surface area contributed by atoms with Crippen molar-refractivity contribution in [3.8, 4) is 0 Å². The van der Waals surface area contributed by atoms with E-state index in [4.69, 9.17) is 17.3 Å². The normalized spacial score (nSPS) is 10.9. The van der Waals surface area contributed by atoms with E-state index < -0.39 is 0 Å². The van der Waals surface area contributed by atoms with Crippen molar-refractivity contribution in [3.05, 3.63) is 23.2 Å². The number of nitrogen functional groups attached to an aromatic ring is 1. The second-order valence-electron chi connectivity index (χ2n) is 4.68. The van der Waals surface area contributed by atoms with Gasteiger partial charge in [-0.1, -0.05) is 25.4 Å². The predicted molar refractivity (Wildman–Crippen MR) is 94.2 cm³/mol. The number of hydrogen-bond donors (Lipinski definition) is 2. The highest BCUT2D eigenvalue weighted by Gasteiger charge is 2.06. The van der Waals surface area contributed by atoms with E-state index in [-0.39, 0.29) is 5.91 Å². The molecule has 1 rings (SSSR count). The van der Waals surface area contributed by atoms with Crippen molar-refractivity contribution < 1.29 is 4.79 Å². The smallest absolute Gasteiger partial charge is 0.225 e. The molecule has 0 aliphatic rings. The number of nitrogens with zero attached hydrogens (tertiary/aromatic N) is 1. The van der Waals surface area contributed by atoms with Crippen LogP contribution in [0.1, 0.15) is 20.3 Å². The molecule has 0 saturated heterocycles. The Kier molecular flexibility index (Phi) is 8.57. The third kappa shape index (κ3) is 7.07.